The Hall–Kier alpha value is -4.08. The Balaban J connectivity index is 0.000000168. The lowest BCUT2D eigenvalue weighted by molar-refractivity contribution is 0.0939. The number of piperazine rings is 2. The van der Waals surface area contributed by atoms with Gasteiger partial charge in [0.05, 0.1) is 43.3 Å². The first-order valence-corrected chi connectivity index (χ1v) is 22.4. The van der Waals surface area contributed by atoms with Crippen LogP contribution in [0.25, 0.3) is 42.9 Å². The molecule has 13 heteroatoms. The molecule has 10 nitrogen and oxygen atoms in total. The monoisotopic (exact) mass is 868 g/mol. The van der Waals surface area contributed by atoms with E-state index in [4.69, 9.17) is 9.97 Å². The van der Waals surface area contributed by atoms with Crippen molar-refractivity contribution in [3.63, 3.8) is 0 Å². The van der Waals surface area contributed by atoms with Gasteiger partial charge in [0, 0.05) is 88.1 Å². The molecule has 57 heavy (non-hydrogen) atoms. The number of halogens is 1. The minimum absolute atomic E-state index is 0.0232. The molecule has 0 atom stereocenters. The summed E-state index contributed by atoms with van der Waals surface area (Å²) in [6, 6.07) is 24.0. The molecule has 2 amide bonds. The van der Waals surface area contributed by atoms with Gasteiger partial charge in [-0.3, -0.25) is 14.5 Å². The second-order valence-corrected chi connectivity index (χ2v) is 17.2. The van der Waals surface area contributed by atoms with Gasteiger partial charge in [-0.2, -0.15) is 0 Å². The van der Waals surface area contributed by atoms with Crippen molar-refractivity contribution < 1.29 is 9.59 Å². The number of carbonyl (C=O) groups excluding carboxylic acids is 2. The highest BCUT2D eigenvalue weighted by Gasteiger charge is 2.18. The first kappa shape index (κ1) is 42.5. The van der Waals surface area contributed by atoms with Crippen molar-refractivity contribution in [1.82, 2.24) is 40.6 Å². The first-order chi connectivity index (χ1) is 27.7. The predicted molar refractivity (Wildman–Crippen MR) is 242 cm³/mol. The number of benzene rings is 2. The van der Waals surface area contributed by atoms with Crippen LogP contribution in [0.3, 0.4) is 0 Å². The largest absolute Gasteiger partial charge is 0.351 e. The van der Waals surface area contributed by atoms with Gasteiger partial charge in [-0.1, -0.05) is 51.3 Å². The fourth-order valence-corrected chi connectivity index (χ4v) is 8.25. The van der Waals surface area contributed by atoms with Gasteiger partial charge in [-0.25, -0.2) is 9.97 Å². The Labute approximate surface area is 352 Å². The molecule has 6 aromatic rings. The molecular formula is C44H53BrN8O2S2. The summed E-state index contributed by atoms with van der Waals surface area (Å²) in [5, 5.41) is 15.9. The van der Waals surface area contributed by atoms with E-state index in [0.717, 1.165) is 105 Å². The maximum Gasteiger partial charge on any atom is 0.252 e. The van der Waals surface area contributed by atoms with Crippen LogP contribution in [-0.2, 0) is 0 Å². The average molecular weight is 870 g/mol. The Kier molecular flexibility index (Phi) is 15.7. The fourth-order valence-electron chi connectivity index (χ4n) is 6.68. The number of aryl methyl sites for hydroxylation is 2. The predicted octanol–water partition coefficient (Wildman–Crippen LogP) is 7.17. The number of fused-ring (bicyclic) bond motifs is 2. The molecule has 6 heterocycles. The molecule has 0 radical (unpaired) electrons. The number of amides is 2. The number of hydrogen-bond acceptors (Lipinski definition) is 10. The summed E-state index contributed by atoms with van der Waals surface area (Å²) in [4.78, 5) is 44.2. The maximum atomic E-state index is 13.0. The average Bonchev–Trinajstić information content (AvgIpc) is 3.97. The van der Waals surface area contributed by atoms with Crippen LogP contribution in [0.2, 0.25) is 0 Å². The number of pyridine rings is 2. The standard InChI is InChI=1S/C22H26N4OS.C17H15BrN2OS.C5H12N2/c1-16-5-6-19-17(14-16)18(15-20(24-19)21-4-3-13-28-21)22(27)23-7-8-26-11-9-25(2)10-12-26;1-11-4-5-14-12(9-11)13(17(21)19-7-6-18)10-15(20-14)16-3-2-8-22-16;1-7-4-2-6-3-5-7/h3-6,13-15H,7-12H2,1-2H3,(H,23,27);2-5,8-10H,6-7H2,1H3,(H,19,21);6H,2-5H2,1H3. The van der Waals surface area contributed by atoms with Crippen molar-refractivity contribution in [2.75, 3.05) is 91.4 Å². The van der Waals surface area contributed by atoms with E-state index in [0.29, 0.717) is 24.2 Å². The zero-order valence-electron chi connectivity index (χ0n) is 33.3. The highest BCUT2D eigenvalue weighted by molar-refractivity contribution is 9.09. The quantitative estimate of drug-likeness (QED) is 0.132. The number of likely N-dealkylation sites (N-methyl/N-ethyl adjacent to an activating group) is 2. The van der Waals surface area contributed by atoms with Gasteiger partial charge in [-0.15, -0.1) is 22.7 Å². The second kappa shape index (κ2) is 21.1. The number of carbonyl (C=O) groups is 2. The van der Waals surface area contributed by atoms with E-state index in [-0.39, 0.29) is 11.8 Å². The molecule has 2 aliphatic heterocycles. The van der Waals surface area contributed by atoms with Crippen LogP contribution in [0.15, 0.2) is 83.6 Å². The van der Waals surface area contributed by atoms with Crippen molar-refractivity contribution >= 4 is 72.2 Å². The number of aromatic nitrogens is 2. The Morgan fingerprint density at radius 1 is 0.684 bits per heavy atom. The van der Waals surface area contributed by atoms with E-state index < -0.39 is 0 Å². The van der Waals surface area contributed by atoms with Gasteiger partial charge in [-0.05, 0) is 87.2 Å². The Bertz CT molecular complexity index is 2220. The third kappa shape index (κ3) is 12.0. The summed E-state index contributed by atoms with van der Waals surface area (Å²) in [6.07, 6.45) is 0. The molecule has 0 spiro atoms. The van der Waals surface area contributed by atoms with Crippen LogP contribution in [0, 0.1) is 13.8 Å². The van der Waals surface area contributed by atoms with Crippen LogP contribution < -0.4 is 16.0 Å². The third-order valence-corrected chi connectivity index (χ3v) is 12.2. The molecule has 4 aromatic heterocycles. The highest BCUT2D eigenvalue weighted by Crippen LogP contribution is 2.30. The van der Waals surface area contributed by atoms with E-state index in [1.165, 1.54) is 13.1 Å². The van der Waals surface area contributed by atoms with Crippen LogP contribution in [0.4, 0.5) is 0 Å². The number of nitrogens with one attached hydrogen (secondary N) is 3. The number of alkyl halides is 1. The van der Waals surface area contributed by atoms with E-state index in [1.807, 2.05) is 91.3 Å². The minimum atomic E-state index is -0.0599. The van der Waals surface area contributed by atoms with Crippen LogP contribution in [0.5, 0.6) is 0 Å². The maximum absolute atomic E-state index is 13.0. The molecule has 2 saturated heterocycles. The summed E-state index contributed by atoms with van der Waals surface area (Å²) >= 11 is 6.60. The molecule has 0 bridgehead atoms. The van der Waals surface area contributed by atoms with Crippen LogP contribution in [0.1, 0.15) is 31.8 Å². The Morgan fingerprint density at radius 3 is 1.61 bits per heavy atom. The minimum Gasteiger partial charge on any atom is -0.351 e. The molecule has 0 unspecified atom stereocenters. The van der Waals surface area contributed by atoms with Gasteiger partial charge in [0.15, 0.2) is 0 Å². The Morgan fingerprint density at radius 2 is 1.18 bits per heavy atom. The number of rotatable bonds is 9. The van der Waals surface area contributed by atoms with Gasteiger partial charge in [0.2, 0.25) is 0 Å². The molecule has 2 aromatic carbocycles. The van der Waals surface area contributed by atoms with E-state index in [1.54, 1.807) is 22.7 Å². The summed E-state index contributed by atoms with van der Waals surface area (Å²) in [5.74, 6) is -0.0832. The number of nitrogens with zero attached hydrogens (tertiary/aromatic N) is 5. The van der Waals surface area contributed by atoms with Crippen molar-refractivity contribution in [3.8, 4) is 21.1 Å². The first-order valence-electron chi connectivity index (χ1n) is 19.5. The lowest BCUT2D eigenvalue weighted by atomic mass is 10.0. The zero-order valence-corrected chi connectivity index (χ0v) is 36.5. The molecule has 0 saturated carbocycles. The molecular weight excluding hydrogens is 817 g/mol. The molecule has 2 fully saturated rings. The molecule has 3 N–H and O–H groups in total. The number of thiophene rings is 2. The fraction of sp³-hybridized carbons (Fsp3) is 0.364. The topological polar surface area (TPSA) is 106 Å². The molecule has 8 rings (SSSR count). The SMILES string of the molecule is CN1CCNCC1.Cc1ccc2nc(-c3cccs3)cc(C(=O)NCCBr)c2c1.Cc1ccc2nc(-c3cccs3)cc(C(=O)NCCN3CCN(C)CC3)c2c1. The lowest BCUT2D eigenvalue weighted by Gasteiger charge is -2.32. The van der Waals surface area contributed by atoms with Crippen LogP contribution >= 0.6 is 38.6 Å². The summed E-state index contributed by atoms with van der Waals surface area (Å²) < 4.78 is 0. The number of hydrogen-bond donors (Lipinski definition) is 3. The van der Waals surface area contributed by atoms with E-state index in [2.05, 4.69) is 66.7 Å². The normalized spacial score (nSPS) is 15.0. The smallest absolute Gasteiger partial charge is 0.252 e. The van der Waals surface area contributed by atoms with Crippen molar-refractivity contribution in [1.29, 1.82) is 0 Å². The lowest BCUT2D eigenvalue weighted by Crippen LogP contribution is -2.46. The van der Waals surface area contributed by atoms with E-state index in [9.17, 15) is 9.59 Å². The second-order valence-electron chi connectivity index (χ2n) is 14.5. The van der Waals surface area contributed by atoms with Gasteiger partial charge in [0.1, 0.15) is 0 Å². The molecule has 300 valence electrons. The van der Waals surface area contributed by atoms with Gasteiger partial charge >= 0.3 is 0 Å². The van der Waals surface area contributed by atoms with Gasteiger partial charge < -0.3 is 25.8 Å². The van der Waals surface area contributed by atoms with Crippen LogP contribution in [-0.4, -0.2) is 128 Å². The summed E-state index contributed by atoms with van der Waals surface area (Å²) in [7, 11) is 4.31. The van der Waals surface area contributed by atoms with Crippen molar-refractivity contribution in [2.45, 2.75) is 13.8 Å². The third-order valence-electron chi connectivity index (χ3n) is 10.00. The van der Waals surface area contributed by atoms with E-state index >= 15 is 0 Å². The van der Waals surface area contributed by atoms with Crippen molar-refractivity contribution in [2.24, 2.45) is 0 Å². The molecule has 2 aliphatic rings. The summed E-state index contributed by atoms with van der Waals surface area (Å²) in [6.45, 7) is 15.3. The van der Waals surface area contributed by atoms with Crippen molar-refractivity contribution in [3.05, 3.63) is 106 Å². The molecule has 0 aliphatic carbocycles. The summed E-state index contributed by atoms with van der Waals surface area (Å²) in [5.41, 5.74) is 7.04. The van der Waals surface area contributed by atoms with Gasteiger partial charge in [0.25, 0.3) is 11.8 Å². The highest BCUT2D eigenvalue weighted by atomic mass is 79.9. The zero-order chi connectivity index (χ0) is 40.1.